The van der Waals surface area contributed by atoms with E-state index >= 15 is 0 Å². The molecule has 0 aliphatic carbocycles. The van der Waals surface area contributed by atoms with E-state index < -0.39 is 5.79 Å². The summed E-state index contributed by atoms with van der Waals surface area (Å²) < 4.78 is 33.4. The fourth-order valence-corrected chi connectivity index (χ4v) is 3.59. The first-order chi connectivity index (χ1) is 13.0. The zero-order valence-electron chi connectivity index (χ0n) is 15.7. The lowest BCUT2D eigenvalue weighted by Gasteiger charge is -2.39. The highest BCUT2D eigenvalue weighted by Gasteiger charge is 2.40. The maximum atomic E-state index is 10.2. The van der Waals surface area contributed by atoms with E-state index in [1.165, 1.54) is 14.2 Å². The van der Waals surface area contributed by atoms with Gasteiger partial charge in [-0.2, -0.15) is 0 Å². The summed E-state index contributed by atoms with van der Waals surface area (Å²) in [6.07, 6.45) is 0.563. The maximum absolute atomic E-state index is 10.2. The van der Waals surface area contributed by atoms with Gasteiger partial charge in [0.15, 0.2) is 23.0 Å². The van der Waals surface area contributed by atoms with Crippen molar-refractivity contribution in [2.45, 2.75) is 25.0 Å². The molecular formula is C20H22O7. The summed E-state index contributed by atoms with van der Waals surface area (Å²) in [4.78, 5) is 0. The van der Waals surface area contributed by atoms with Crippen LogP contribution in [-0.2, 0) is 4.74 Å². The van der Waals surface area contributed by atoms with E-state index in [4.69, 9.17) is 28.4 Å². The minimum absolute atomic E-state index is 0.0313. The first-order valence-electron chi connectivity index (χ1n) is 8.60. The van der Waals surface area contributed by atoms with Crippen LogP contribution in [0.4, 0.5) is 0 Å². The van der Waals surface area contributed by atoms with Gasteiger partial charge in [-0.1, -0.05) is 0 Å². The molecule has 0 aromatic heterocycles. The average molecular weight is 374 g/mol. The fourth-order valence-electron chi connectivity index (χ4n) is 3.59. The van der Waals surface area contributed by atoms with Gasteiger partial charge in [0.1, 0.15) is 5.75 Å². The van der Waals surface area contributed by atoms with Crippen molar-refractivity contribution in [1.29, 1.82) is 0 Å². The standard InChI is InChI=1S/C20H22O7/c1-20(24-4)9-13(11-5-17(22-2)19(21)18(6-11)23-3)12-7-15-16(26-10-25-15)8-14(12)27-20/h5-8,13,21H,9-10H2,1-4H3/t13-,20-/m1/s1. The second-order valence-corrected chi connectivity index (χ2v) is 6.71. The van der Waals surface area contributed by atoms with Crippen molar-refractivity contribution in [3.63, 3.8) is 0 Å². The van der Waals surface area contributed by atoms with E-state index in [-0.39, 0.29) is 18.5 Å². The van der Waals surface area contributed by atoms with Crippen molar-refractivity contribution in [1.82, 2.24) is 0 Å². The molecule has 0 saturated heterocycles. The molecule has 2 atom stereocenters. The molecule has 1 N–H and O–H groups in total. The van der Waals surface area contributed by atoms with Crippen LogP contribution in [-0.4, -0.2) is 39.0 Å². The van der Waals surface area contributed by atoms with Gasteiger partial charge in [0.25, 0.3) is 0 Å². The Morgan fingerprint density at radius 1 is 0.963 bits per heavy atom. The van der Waals surface area contributed by atoms with E-state index in [1.54, 1.807) is 19.2 Å². The maximum Gasteiger partial charge on any atom is 0.231 e. The third-order valence-electron chi connectivity index (χ3n) is 5.12. The Morgan fingerprint density at radius 3 is 2.19 bits per heavy atom. The molecule has 0 fully saturated rings. The smallest absolute Gasteiger partial charge is 0.231 e. The lowest BCUT2D eigenvalue weighted by atomic mass is 9.82. The summed E-state index contributed by atoms with van der Waals surface area (Å²) >= 11 is 0. The summed E-state index contributed by atoms with van der Waals surface area (Å²) in [5, 5.41) is 10.2. The van der Waals surface area contributed by atoms with Crippen molar-refractivity contribution >= 4 is 0 Å². The van der Waals surface area contributed by atoms with Crippen molar-refractivity contribution in [3.05, 3.63) is 35.4 Å². The van der Waals surface area contributed by atoms with Gasteiger partial charge in [-0.25, -0.2) is 0 Å². The van der Waals surface area contributed by atoms with Gasteiger partial charge < -0.3 is 33.5 Å². The molecule has 7 heteroatoms. The molecule has 2 heterocycles. The zero-order chi connectivity index (χ0) is 19.2. The number of hydrogen-bond acceptors (Lipinski definition) is 7. The molecule has 0 amide bonds. The number of methoxy groups -OCH3 is 3. The number of benzene rings is 2. The third-order valence-corrected chi connectivity index (χ3v) is 5.12. The average Bonchev–Trinajstić information content (AvgIpc) is 3.13. The van der Waals surface area contributed by atoms with Crippen LogP contribution >= 0.6 is 0 Å². The van der Waals surface area contributed by atoms with Gasteiger partial charge in [-0.3, -0.25) is 0 Å². The minimum Gasteiger partial charge on any atom is -0.502 e. The van der Waals surface area contributed by atoms with Crippen LogP contribution in [0.15, 0.2) is 24.3 Å². The first kappa shape index (κ1) is 17.6. The third kappa shape index (κ3) is 2.88. The predicted molar refractivity (Wildman–Crippen MR) is 96.3 cm³/mol. The van der Waals surface area contributed by atoms with Gasteiger partial charge in [-0.15, -0.1) is 0 Å². The van der Waals surface area contributed by atoms with Crippen molar-refractivity contribution in [2.24, 2.45) is 0 Å². The number of rotatable bonds is 4. The molecule has 2 aliphatic heterocycles. The molecule has 0 bridgehead atoms. The summed E-state index contributed by atoms with van der Waals surface area (Å²) in [7, 11) is 4.63. The second-order valence-electron chi connectivity index (χ2n) is 6.71. The lowest BCUT2D eigenvalue weighted by molar-refractivity contribution is -0.163. The normalized spacial score (nSPS) is 22.7. The molecule has 2 aliphatic rings. The van der Waals surface area contributed by atoms with E-state index in [0.717, 1.165) is 11.1 Å². The summed E-state index contributed by atoms with van der Waals surface area (Å²) in [6, 6.07) is 7.37. The molecular weight excluding hydrogens is 352 g/mol. The van der Waals surface area contributed by atoms with Crippen LogP contribution < -0.4 is 23.7 Å². The quantitative estimate of drug-likeness (QED) is 0.879. The van der Waals surface area contributed by atoms with Crippen molar-refractivity contribution in [2.75, 3.05) is 28.1 Å². The molecule has 0 spiro atoms. The molecule has 0 saturated carbocycles. The topological polar surface area (TPSA) is 75.6 Å². The first-order valence-corrected chi connectivity index (χ1v) is 8.60. The predicted octanol–water partition coefficient (Wildman–Crippen LogP) is 3.42. The summed E-state index contributed by atoms with van der Waals surface area (Å²) in [6.45, 7) is 2.08. The molecule has 144 valence electrons. The monoisotopic (exact) mass is 374 g/mol. The van der Waals surface area contributed by atoms with Crippen LogP contribution in [0.3, 0.4) is 0 Å². The fraction of sp³-hybridized carbons (Fsp3) is 0.400. The highest BCUT2D eigenvalue weighted by molar-refractivity contribution is 5.59. The Hall–Kier alpha value is -2.80. The van der Waals surface area contributed by atoms with Crippen LogP contribution in [0.1, 0.15) is 30.4 Å². The zero-order valence-corrected chi connectivity index (χ0v) is 15.7. The molecule has 0 radical (unpaired) electrons. The molecule has 2 aromatic carbocycles. The molecule has 4 rings (SSSR count). The van der Waals surface area contributed by atoms with E-state index in [1.807, 2.05) is 19.1 Å². The molecule has 7 nitrogen and oxygen atoms in total. The second kappa shape index (κ2) is 6.42. The van der Waals surface area contributed by atoms with Crippen LogP contribution in [0.5, 0.6) is 34.5 Å². The number of aromatic hydroxyl groups is 1. The summed E-state index contributed by atoms with van der Waals surface area (Å²) in [5.41, 5.74) is 1.86. The number of phenolic OH excluding ortho intramolecular Hbond substituents is 1. The minimum atomic E-state index is -0.816. The molecule has 2 aromatic rings. The lowest BCUT2D eigenvalue weighted by Crippen LogP contribution is -2.40. The SMILES string of the molecule is COc1cc([C@H]2C[C@](C)(OC)Oc3cc4c(cc32)OCO4)cc(OC)c1O. The van der Waals surface area contributed by atoms with Crippen LogP contribution in [0.2, 0.25) is 0 Å². The van der Waals surface area contributed by atoms with E-state index in [9.17, 15) is 5.11 Å². The Kier molecular flexibility index (Phi) is 4.19. The van der Waals surface area contributed by atoms with Gasteiger partial charge in [0, 0.05) is 38.0 Å². The van der Waals surface area contributed by atoms with Crippen molar-refractivity contribution in [3.8, 4) is 34.5 Å². The van der Waals surface area contributed by atoms with Gasteiger partial charge in [0.05, 0.1) is 14.2 Å². The highest BCUT2D eigenvalue weighted by atomic mass is 16.7. The Bertz CT molecular complexity index is 854. The van der Waals surface area contributed by atoms with Crippen LogP contribution in [0.25, 0.3) is 0 Å². The Labute approximate surface area is 157 Å². The Balaban J connectivity index is 1.88. The summed E-state index contributed by atoms with van der Waals surface area (Å²) in [5.74, 6) is 1.76. The highest BCUT2D eigenvalue weighted by Crippen LogP contribution is 2.51. The van der Waals surface area contributed by atoms with Crippen LogP contribution in [0, 0.1) is 0 Å². The van der Waals surface area contributed by atoms with Gasteiger partial charge in [-0.05, 0) is 23.8 Å². The Morgan fingerprint density at radius 2 is 1.59 bits per heavy atom. The van der Waals surface area contributed by atoms with Crippen molar-refractivity contribution < 1.29 is 33.5 Å². The number of ether oxygens (including phenoxy) is 6. The molecule has 27 heavy (non-hydrogen) atoms. The van der Waals surface area contributed by atoms with Gasteiger partial charge >= 0.3 is 0 Å². The van der Waals surface area contributed by atoms with Gasteiger partial charge in [0.2, 0.25) is 18.3 Å². The van der Waals surface area contributed by atoms with E-state index in [2.05, 4.69) is 0 Å². The largest absolute Gasteiger partial charge is 0.502 e. The molecule has 0 unspecified atom stereocenters. The number of hydrogen-bond donors (Lipinski definition) is 1. The number of phenols is 1. The van der Waals surface area contributed by atoms with E-state index in [0.29, 0.717) is 35.2 Å². The number of fused-ring (bicyclic) bond motifs is 2.